The number of nitrogens with zero attached hydrogens (tertiary/aromatic N) is 4. The number of piperazine rings is 1. The maximum absolute atomic E-state index is 4.60. The van der Waals surface area contributed by atoms with E-state index in [0.717, 1.165) is 64.7 Å². The van der Waals surface area contributed by atoms with Crippen molar-refractivity contribution in [1.29, 1.82) is 0 Å². The number of aryl methyl sites for hydroxylation is 1. The van der Waals surface area contributed by atoms with Gasteiger partial charge in [0.2, 0.25) is 0 Å². The average molecular weight is 418 g/mol. The lowest BCUT2D eigenvalue weighted by molar-refractivity contribution is 0.584. The van der Waals surface area contributed by atoms with Crippen LogP contribution in [-0.2, 0) is 0 Å². The van der Waals surface area contributed by atoms with Gasteiger partial charge in [-0.3, -0.25) is 0 Å². The highest BCUT2D eigenvalue weighted by Gasteiger charge is 2.14. The van der Waals surface area contributed by atoms with Crippen LogP contribution in [0.2, 0.25) is 0 Å². The lowest BCUT2D eigenvalue weighted by atomic mass is 10.1. The summed E-state index contributed by atoms with van der Waals surface area (Å²) in [6.07, 6.45) is 8.04. The molecule has 152 valence electrons. The van der Waals surface area contributed by atoms with E-state index in [0.29, 0.717) is 0 Å². The second-order valence-corrected chi connectivity index (χ2v) is 8.31. The van der Waals surface area contributed by atoms with E-state index in [-0.39, 0.29) is 0 Å². The summed E-state index contributed by atoms with van der Waals surface area (Å²) in [6, 6.07) is 10.5. The van der Waals surface area contributed by atoms with Crippen molar-refractivity contribution >= 4 is 51.2 Å². The molecule has 3 aromatic heterocycles. The van der Waals surface area contributed by atoms with Gasteiger partial charge in [0.1, 0.15) is 17.5 Å². The van der Waals surface area contributed by atoms with Crippen LogP contribution in [0, 0.1) is 6.92 Å². The van der Waals surface area contributed by atoms with Crippen molar-refractivity contribution in [3.8, 4) is 0 Å². The molecule has 0 unspecified atom stereocenters. The molecule has 3 N–H and O–H groups in total. The summed E-state index contributed by atoms with van der Waals surface area (Å²) in [4.78, 5) is 20.2. The lowest BCUT2D eigenvalue weighted by Crippen LogP contribution is -2.44. The van der Waals surface area contributed by atoms with Gasteiger partial charge in [-0.25, -0.2) is 15.0 Å². The number of rotatable bonds is 5. The predicted octanol–water partition coefficient (Wildman–Crippen LogP) is 4.05. The van der Waals surface area contributed by atoms with Crippen molar-refractivity contribution in [2.45, 2.75) is 6.92 Å². The minimum atomic E-state index is 0.755. The van der Waals surface area contributed by atoms with E-state index in [1.807, 2.05) is 25.4 Å². The van der Waals surface area contributed by atoms with E-state index in [1.165, 1.54) is 5.39 Å². The third kappa shape index (κ3) is 4.19. The number of thiazole rings is 1. The third-order valence-corrected chi connectivity index (χ3v) is 5.92. The molecule has 0 bridgehead atoms. The summed E-state index contributed by atoms with van der Waals surface area (Å²) in [5, 5.41) is 8.74. The molecule has 0 saturated carbocycles. The molecule has 0 aliphatic carbocycles. The van der Waals surface area contributed by atoms with Crippen LogP contribution in [0.1, 0.15) is 16.3 Å². The fourth-order valence-electron chi connectivity index (χ4n) is 3.56. The fraction of sp³-hybridized carbons (Fsp3) is 0.227. The Bertz CT molecular complexity index is 1190. The second kappa shape index (κ2) is 8.25. The van der Waals surface area contributed by atoms with Crippen LogP contribution in [-0.4, -0.2) is 46.1 Å². The highest BCUT2D eigenvalue weighted by atomic mass is 32.1. The maximum atomic E-state index is 4.60. The van der Waals surface area contributed by atoms with E-state index < -0.39 is 0 Å². The Morgan fingerprint density at radius 3 is 2.90 bits per heavy atom. The Balaban J connectivity index is 1.30. The Hall–Kier alpha value is -3.23. The standard InChI is InChI=1S/C22H23N7S/c1-15-26-20(13-21(27-15)29-10-8-23-9-11-29)28-22-25-14-18(30-22)4-2-16-3-5-19-17(12-16)6-7-24-19/h2-7,12-14,23-24H,8-11H2,1H3,(H,25,26,27,28)/b4-2+. The zero-order chi connectivity index (χ0) is 20.3. The van der Waals surface area contributed by atoms with Gasteiger partial charge in [-0.15, -0.1) is 0 Å². The van der Waals surface area contributed by atoms with Crippen LogP contribution in [0.4, 0.5) is 16.8 Å². The monoisotopic (exact) mass is 417 g/mol. The summed E-state index contributed by atoms with van der Waals surface area (Å²) < 4.78 is 0. The van der Waals surface area contributed by atoms with E-state index in [9.17, 15) is 0 Å². The molecule has 1 saturated heterocycles. The third-order valence-electron chi connectivity index (χ3n) is 5.04. The summed E-state index contributed by atoms with van der Waals surface area (Å²) in [7, 11) is 0. The normalized spacial score (nSPS) is 14.6. The molecule has 1 aromatic carbocycles. The molecule has 8 heteroatoms. The van der Waals surface area contributed by atoms with Crippen LogP contribution in [0.3, 0.4) is 0 Å². The van der Waals surface area contributed by atoms with Gasteiger partial charge < -0.3 is 20.5 Å². The average Bonchev–Trinajstić information content (AvgIpc) is 3.41. The molecule has 4 heterocycles. The van der Waals surface area contributed by atoms with Gasteiger partial charge in [-0.05, 0) is 42.1 Å². The molecule has 0 spiro atoms. The topological polar surface area (TPSA) is 81.8 Å². The van der Waals surface area contributed by atoms with Gasteiger partial charge in [0.05, 0.1) is 0 Å². The van der Waals surface area contributed by atoms with Crippen LogP contribution in [0.25, 0.3) is 23.1 Å². The zero-order valence-corrected chi connectivity index (χ0v) is 17.5. The van der Waals surface area contributed by atoms with Crippen molar-refractivity contribution in [3.63, 3.8) is 0 Å². The predicted molar refractivity (Wildman–Crippen MR) is 124 cm³/mol. The first-order valence-corrected chi connectivity index (χ1v) is 10.8. The number of aromatic amines is 1. The van der Waals surface area contributed by atoms with Crippen molar-refractivity contribution in [3.05, 3.63) is 59.0 Å². The zero-order valence-electron chi connectivity index (χ0n) is 16.7. The molecule has 1 aliphatic rings. The second-order valence-electron chi connectivity index (χ2n) is 7.25. The van der Waals surface area contributed by atoms with Crippen molar-refractivity contribution < 1.29 is 0 Å². The number of hydrogen-bond donors (Lipinski definition) is 3. The molecular weight excluding hydrogens is 394 g/mol. The number of aromatic nitrogens is 4. The number of anilines is 3. The van der Waals surface area contributed by atoms with Crippen LogP contribution in [0.15, 0.2) is 42.7 Å². The smallest absolute Gasteiger partial charge is 0.188 e. The lowest BCUT2D eigenvalue weighted by Gasteiger charge is -2.28. The van der Waals surface area contributed by atoms with E-state index >= 15 is 0 Å². The summed E-state index contributed by atoms with van der Waals surface area (Å²) in [5.41, 5.74) is 2.31. The molecule has 1 fully saturated rings. The maximum Gasteiger partial charge on any atom is 0.188 e. The molecular formula is C22H23N7S. The minimum absolute atomic E-state index is 0.755. The SMILES string of the molecule is Cc1nc(Nc2ncc(/C=C/c3ccc4[nH]ccc4c3)s2)cc(N2CCNCC2)n1. The first kappa shape index (κ1) is 18.8. The molecule has 5 rings (SSSR count). The highest BCUT2D eigenvalue weighted by molar-refractivity contribution is 7.16. The Labute approximate surface area is 178 Å². The number of benzene rings is 1. The summed E-state index contributed by atoms with van der Waals surface area (Å²) >= 11 is 1.60. The fourth-order valence-corrected chi connectivity index (χ4v) is 4.28. The minimum Gasteiger partial charge on any atom is -0.361 e. The van der Waals surface area contributed by atoms with Crippen LogP contribution < -0.4 is 15.5 Å². The van der Waals surface area contributed by atoms with Gasteiger partial charge in [-0.2, -0.15) is 0 Å². The number of nitrogens with one attached hydrogen (secondary N) is 3. The van der Waals surface area contributed by atoms with Crippen molar-refractivity contribution in [2.75, 3.05) is 36.4 Å². The Morgan fingerprint density at radius 2 is 2.00 bits per heavy atom. The number of fused-ring (bicyclic) bond motifs is 1. The highest BCUT2D eigenvalue weighted by Crippen LogP contribution is 2.25. The first-order valence-electron chi connectivity index (χ1n) is 10.0. The molecule has 7 nitrogen and oxygen atoms in total. The largest absolute Gasteiger partial charge is 0.361 e. The van der Waals surface area contributed by atoms with Gasteiger partial charge in [0, 0.05) is 55.0 Å². The van der Waals surface area contributed by atoms with Crippen LogP contribution in [0.5, 0.6) is 0 Å². The quantitative estimate of drug-likeness (QED) is 0.455. The van der Waals surface area contributed by atoms with Crippen molar-refractivity contribution in [1.82, 2.24) is 25.3 Å². The summed E-state index contributed by atoms with van der Waals surface area (Å²) in [6.45, 7) is 5.79. The van der Waals surface area contributed by atoms with Gasteiger partial charge in [0.25, 0.3) is 0 Å². The first-order chi connectivity index (χ1) is 14.7. The van der Waals surface area contributed by atoms with Gasteiger partial charge in [-0.1, -0.05) is 23.5 Å². The number of H-pyrrole nitrogens is 1. The molecule has 1 aliphatic heterocycles. The van der Waals surface area contributed by atoms with Crippen molar-refractivity contribution in [2.24, 2.45) is 0 Å². The molecule has 0 atom stereocenters. The van der Waals surface area contributed by atoms with E-state index in [2.05, 4.69) is 71.9 Å². The number of hydrogen-bond acceptors (Lipinski definition) is 7. The van der Waals surface area contributed by atoms with E-state index in [1.54, 1.807) is 11.3 Å². The Kier molecular flexibility index (Phi) is 5.17. The molecule has 4 aromatic rings. The van der Waals surface area contributed by atoms with Crippen LogP contribution >= 0.6 is 11.3 Å². The Morgan fingerprint density at radius 1 is 1.10 bits per heavy atom. The molecule has 0 radical (unpaired) electrons. The van der Waals surface area contributed by atoms with Gasteiger partial charge >= 0.3 is 0 Å². The summed E-state index contributed by atoms with van der Waals surface area (Å²) in [5.74, 6) is 2.49. The molecule has 0 amide bonds. The van der Waals surface area contributed by atoms with Gasteiger partial charge in [0.15, 0.2) is 5.13 Å². The van der Waals surface area contributed by atoms with E-state index in [4.69, 9.17) is 0 Å². The molecule has 30 heavy (non-hydrogen) atoms.